The Bertz CT molecular complexity index is 707. The lowest BCUT2D eigenvalue weighted by atomic mass is 9.89. The van der Waals surface area contributed by atoms with Crippen LogP contribution in [0, 0.1) is 0 Å². The maximum atomic E-state index is 12.0. The van der Waals surface area contributed by atoms with Gasteiger partial charge in [0.15, 0.2) is 0 Å². The van der Waals surface area contributed by atoms with Crippen molar-refractivity contribution < 1.29 is 9.32 Å². The van der Waals surface area contributed by atoms with Gasteiger partial charge in [-0.25, -0.2) is 4.79 Å². The third kappa shape index (κ3) is 4.59. The second kappa shape index (κ2) is 8.14. The maximum Gasteiger partial charge on any atom is 0.319 e. The predicted octanol–water partition coefficient (Wildman–Crippen LogP) is 4.70. The maximum absolute atomic E-state index is 12.0. The first-order chi connectivity index (χ1) is 12.2. The smallest absolute Gasteiger partial charge is 0.319 e. The molecule has 1 atom stereocenters. The lowest BCUT2D eigenvalue weighted by Gasteiger charge is -2.17. The van der Waals surface area contributed by atoms with Gasteiger partial charge in [-0.05, 0) is 38.3 Å². The third-order valence-electron chi connectivity index (χ3n) is 4.76. The Hall–Kier alpha value is -2.37. The molecule has 25 heavy (non-hydrogen) atoms. The molecule has 6 heteroatoms. The fourth-order valence-corrected chi connectivity index (χ4v) is 3.10. The number of anilines is 1. The minimum absolute atomic E-state index is 0.137. The van der Waals surface area contributed by atoms with Gasteiger partial charge in [0.1, 0.15) is 0 Å². The zero-order valence-corrected chi connectivity index (χ0v) is 14.9. The molecule has 1 aliphatic rings. The molecular formula is C19H26N4O2. The zero-order chi connectivity index (χ0) is 17.6. The fraction of sp³-hybridized carbons (Fsp3) is 0.526. The number of nitrogens with zero attached hydrogens (tertiary/aromatic N) is 2. The second-order valence-electron chi connectivity index (χ2n) is 6.78. The van der Waals surface area contributed by atoms with Gasteiger partial charge in [-0.1, -0.05) is 43.5 Å². The quantitative estimate of drug-likeness (QED) is 0.825. The van der Waals surface area contributed by atoms with Gasteiger partial charge in [-0.3, -0.25) is 0 Å². The van der Waals surface area contributed by atoms with Crippen molar-refractivity contribution in [3.63, 3.8) is 0 Å². The van der Waals surface area contributed by atoms with E-state index in [0.717, 1.165) is 30.7 Å². The standard InChI is InChI=1S/C19H26N4O2/c1-3-13(2)20-19(24)21-16-11-7-10-15(12-16)17-22-18(25-23-17)14-8-5-4-6-9-14/h7,10-14H,3-6,8-9H2,1-2H3,(H2,20,21,24). The monoisotopic (exact) mass is 342 g/mol. The number of urea groups is 1. The molecule has 0 saturated heterocycles. The first kappa shape index (κ1) is 17.5. The van der Waals surface area contributed by atoms with Gasteiger partial charge >= 0.3 is 6.03 Å². The minimum Gasteiger partial charge on any atom is -0.339 e. The van der Waals surface area contributed by atoms with E-state index in [-0.39, 0.29) is 12.1 Å². The Kier molecular flexibility index (Phi) is 5.68. The number of rotatable bonds is 5. The van der Waals surface area contributed by atoms with Gasteiger partial charge in [0, 0.05) is 23.2 Å². The molecule has 2 aromatic rings. The van der Waals surface area contributed by atoms with Crippen LogP contribution in [0.3, 0.4) is 0 Å². The van der Waals surface area contributed by atoms with Crippen LogP contribution in [0.4, 0.5) is 10.5 Å². The van der Waals surface area contributed by atoms with Crippen molar-refractivity contribution in [3.8, 4) is 11.4 Å². The SMILES string of the molecule is CCC(C)NC(=O)Nc1cccc(-c2noc(C3CCCCC3)n2)c1. The number of amides is 2. The van der Waals surface area contributed by atoms with Crippen LogP contribution in [0.2, 0.25) is 0 Å². The molecule has 1 aromatic carbocycles. The van der Waals surface area contributed by atoms with E-state index in [2.05, 4.69) is 20.8 Å². The van der Waals surface area contributed by atoms with Crippen LogP contribution in [0.5, 0.6) is 0 Å². The Morgan fingerprint density at radius 2 is 2.12 bits per heavy atom. The van der Waals surface area contributed by atoms with Crippen molar-refractivity contribution in [2.45, 2.75) is 64.3 Å². The normalized spacial score (nSPS) is 16.4. The number of carbonyl (C=O) groups is 1. The van der Waals surface area contributed by atoms with Crippen LogP contribution in [-0.4, -0.2) is 22.2 Å². The predicted molar refractivity (Wildman–Crippen MR) is 97.5 cm³/mol. The van der Waals surface area contributed by atoms with Crippen LogP contribution in [0.1, 0.15) is 64.2 Å². The molecule has 1 aliphatic carbocycles. The Labute approximate surface area is 148 Å². The number of aromatic nitrogens is 2. The van der Waals surface area contributed by atoms with Gasteiger partial charge in [0.05, 0.1) is 0 Å². The minimum atomic E-state index is -0.206. The number of hydrogen-bond donors (Lipinski definition) is 2. The summed E-state index contributed by atoms with van der Waals surface area (Å²) in [4.78, 5) is 16.5. The van der Waals surface area contributed by atoms with Gasteiger partial charge in [0.2, 0.25) is 11.7 Å². The van der Waals surface area contributed by atoms with Gasteiger partial charge in [0.25, 0.3) is 0 Å². The Balaban J connectivity index is 1.69. The van der Waals surface area contributed by atoms with Crippen LogP contribution in [-0.2, 0) is 0 Å². The Morgan fingerprint density at radius 3 is 2.88 bits per heavy atom. The number of hydrogen-bond acceptors (Lipinski definition) is 4. The van der Waals surface area contributed by atoms with Gasteiger partial charge < -0.3 is 15.2 Å². The van der Waals surface area contributed by atoms with Crippen molar-refractivity contribution in [3.05, 3.63) is 30.2 Å². The van der Waals surface area contributed by atoms with Gasteiger partial charge in [-0.2, -0.15) is 4.98 Å². The van der Waals surface area contributed by atoms with E-state index in [1.54, 1.807) is 0 Å². The van der Waals surface area contributed by atoms with E-state index in [0.29, 0.717) is 17.4 Å². The molecule has 2 amide bonds. The summed E-state index contributed by atoms with van der Waals surface area (Å²) >= 11 is 0. The molecule has 1 unspecified atom stereocenters. The van der Waals surface area contributed by atoms with Crippen molar-refractivity contribution in [2.24, 2.45) is 0 Å². The summed E-state index contributed by atoms with van der Waals surface area (Å²) in [6.07, 6.45) is 6.89. The van der Waals surface area contributed by atoms with E-state index in [9.17, 15) is 4.79 Å². The molecule has 0 bridgehead atoms. The topological polar surface area (TPSA) is 80.0 Å². The third-order valence-corrected chi connectivity index (χ3v) is 4.76. The molecule has 6 nitrogen and oxygen atoms in total. The number of nitrogens with one attached hydrogen (secondary N) is 2. The van der Waals surface area contributed by atoms with Crippen molar-refractivity contribution in [1.29, 1.82) is 0 Å². The lowest BCUT2D eigenvalue weighted by Crippen LogP contribution is -2.35. The summed E-state index contributed by atoms with van der Waals surface area (Å²) in [6, 6.07) is 7.45. The number of carbonyl (C=O) groups excluding carboxylic acids is 1. The van der Waals surface area contributed by atoms with Crippen LogP contribution >= 0.6 is 0 Å². The highest BCUT2D eigenvalue weighted by Gasteiger charge is 2.22. The summed E-state index contributed by atoms with van der Waals surface area (Å²) in [7, 11) is 0. The number of benzene rings is 1. The fourth-order valence-electron chi connectivity index (χ4n) is 3.10. The molecule has 0 aliphatic heterocycles. The molecule has 134 valence electrons. The molecule has 1 saturated carbocycles. The summed E-state index contributed by atoms with van der Waals surface area (Å²) < 4.78 is 5.49. The molecule has 1 fully saturated rings. The molecule has 2 N–H and O–H groups in total. The summed E-state index contributed by atoms with van der Waals surface area (Å²) in [5.41, 5.74) is 1.55. The first-order valence-electron chi connectivity index (χ1n) is 9.17. The van der Waals surface area contributed by atoms with E-state index in [1.807, 2.05) is 38.1 Å². The van der Waals surface area contributed by atoms with E-state index in [4.69, 9.17) is 4.52 Å². The van der Waals surface area contributed by atoms with Crippen LogP contribution < -0.4 is 10.6 Å². The molecular weight excluding hydrogens is 316 g/mol. The Morgan fingerprint density at radius 1 is 1.32 bits per heavy atom. The average Bonchev–Trinajstić information content (AvgIpc) is 3.12. The van der Waals surface area contributed by atoms with E-state index in [1.165, 1.54) is 19.3 Å². The van der Waals surface area contributed by atoms with Crippen LogP contribution in [0.15, 0.2) is 28.8 Å². The second-order valence-corrected chi connectivity index (χ2v) is 6.78. The average molecular weight is 342 g/mol. The van der Waals surface area contributed by atoms with E-state index < -0.39 is 0 Å². The molecule has 3 rings (SSSR count). The highest BCUT2D eigenvalue weighted by Crippen LogP contribution is 2.32. The molecule has 1 heterocycles. The molecule has 0 spiro atoms. The van der Waals surface area contributed by atoms with Gasteiger partial charge in [-0.15, -0.1) is 0 Å². The van der Waals surface area contributed by atoms with Crippen molar-refractivity contribution >= 4 is 11.7 Å². The lowest BCUT2D eigenvalue weighted by molar-refractivity contribution is 0.249. The molecule has 1 aromatic heterocycles. The van der Waals surface area contributed by atoms with E-state index >= 15 is 0 Å². The zero-order valence-electron chi connectivity index (χ0n) is 14.9. The highest BCUT2D eigenvalue weighted by molar-refractivity contribution is 5.90. The summed E-state index contributed by atoms with van der Waals surface area (Å²) in [5.74, 6) is 1.70. The molecule has 0 radical (unpaired) electrons. The highest BCUT2D eigenvalue weighted by atomic mass is 16.5. The van der Waals surface area contributed by atoms with Crippen LogP contribution in [0.25, 0.3) is 11.4 Å². The van der Waals surface area contributed by atoms with Crippen molar-refractivity contribution in [1.82, 2.24) is 15.5 Å². The van der Waals surface area contributed by atoms with Crippen molar-refractivity contribution in [2.75, 3.05) is 5.32 Å². The first-order valence-corrected chi connectivity index (χ1v) is 9.17. The largest absolute Gasteiger partial charge is 0.339 e. The summed E-state index contributed by atoms with van der Waals surface area (Å²) in [5, 5.41) is 9.86. The summed E-state index contributed by atoms with van der Waals surface area (Å²) in [6.45, 7) is 4.01.